The Morgan fingerprint density at radius 1 is 0.982 bits per heavy atom. The molecule has 1 aliphatic heterocycles. The molecule has 1 saturated carbocycles. The predicted octanol–water partition coefficient (Wildman–Crippen LogP) is 4.15. The van der Waals surface area contributed by atoms with Crippen molar-refractivity contribution in [2.75, 3.05) is 13.7 Å². The van der Waals surface area contributed by atoms with Crippen LogP contribution in [-0.2, 0) is 29.2 Å². The van der Waals surface area contributed by atoms with Crippen LogP contribution in [0, 0.1) is 11.8 Å². The Morgan fingerprint density at radius 2 is 1.67 bits per heavy atom. The standard InChI is InChI=1S/C41H43N5O8S/c1-6-27-23-41(27,40(50)45-55(51,52)30-16-12-9-13-17-30)44-38(48)34-21-29(24-46(34)39(49)37(25(3)4)43-36(47)7-2)54-35-22-32(26-14-10-8-11-15-26)42-33-20-28(53-5)18-19-31(33)35/h6-20,22,25,27,29,34,37H,1-2,21,23-24H2,3-5H3,(H,43,47)(H,44,48)(H,45,50)/t27-,29-,34+,37?,41-/m1/s1. The highest BCUT2D eigenvalue weighted by Gasteiger charge is 2.61. The maximum Gasteiger partial charge on any atom is 0.264 e. The van der Waals surface area contributed by atoms with Gasteiger partial charge in [-0.25, -0.2) is 18.1 Å². The molecule has 2 fully saturated rings. The minimum absolute atomic E-state index is 0.0111. The first-order chi connectivity index (χ1) is 26.3. The summed E-state index contributed by atoms with van der Waals surface area (Å²) in [6.45, 7) is 10.8. The number of nitrogens with zero attached hydrogens (tertiary/aromatic N) is 2. The third-order valence-corrected chi connectivity index (χ3v) is 11.3. The topological polar surface area (TPSA) is 173 Å². The number of ether oxygens (including phenoxy) is 2. The zero-order valence-corrected chi connectivity index (χ0v) is 31.5. The molecular formula is C41H43N5O8S. The van der Waals surface area contributed by atoms with Gasteiger partial charge in [-0.05, 0) is 42.7 Å². The molecule has 286 valence electrons. The van der Waals surface area contributed by atoms with E-state index in [-0.39, 0.29) is 30.2 Å². The second kappa shape index (κ2) is 15.8. The van der Waals surface area contributed by atoms with E-state index in [1.54, 1.807) is 45.2 Å². The summed E-state index contributed by atoms with van der Waals surface area (Å²) in [7, 11) is -2.71. The lowest BCUT2D eigenvalue weighted by Crippen LogP contribution is -2.58. The quantitative estimate of drug-likeness (QED) is 0.126. The number of likely N-dealkylation sites (tertiary alicyclic amines) is 1. The van der Waals surface area contributed by atoms with Gasteiger partial charge < -0.3 is 25.0 Å². The predicted molar refractivity (Wildman–Crippen MR) is 206 cm³/mol. The number of rotatable bonds is 14. The highest BCUT2D eigenvalue weighted by atomic mass is 32.2. The van der Waals surface area contributed by atoms with Gasteiger partial charge >= 0.3 is 0 Å². The molecule has 6 rings (SSSR count). The summed E-state index contributed by atoms with van der Waals surface area (Å²) in [5.41, 5.74) is 0.444. The highest BCUT2D eigenvalue weighted by Crippen LogP contribution is 2.45. The molecule has 0 bridgehead atoms. The van der Waals surface area contributed by atoms with Crippen LogP contribution in [0.3, 0.4) is 0 Å². The fourth-order valence-electron chi connectivity index (χ4n) is 6.83. The van der Waals surface area contributed by atoms with Crippen LogP contribution >= 0.6 is 0 Å². The molecule has 2 aliphatic rings. The molecule has 3 N–H and O–H groups in total. The van der Waals surface area contributed by atoms with Crippen molar-refractivity contribution in [2.45, 2.75) is 55.3 Å². The number of pyridine rings is 1. The van der Waals surface area contributed by atoms with Crippen LogP contribution in [0.2, 0.25) is 0 Å². The lowest BCUT2D eigenvalue weighted by atomic mass is 10.0. The van der Waals surface area contributed by atoms with Crippen LogP contribution in [0.5, 0.6) is 11.5 Å². The lowest BCUT2D eigenvalue weighted by Gasteiger charge is -2.31. The van der Waals surface area contributed by atoms with Crippen LogP contribution in [-0.4, -0.2) is 79.3 Å². The Bertz CT molecular complexity index is 2250. The van der Waals surface area contributed by atoms with E-state index in [0.29, 0.717) is 28.1 Å². The SMILES string of the molecule is C=CC(=O)NC(C(=O)N1C[C@H](Oc2cc(-c3ccccc3)nc3cc(OC)ccc23)C[C@H]1C(=O)N[C@]1(C(=O)NS(=O)(=O)c2ccccc2)C[C@H]1C=C)C(C)C. The molecule has 2 heterocycles. The first kappa shape index (κ1) is 38.7. The summed E-state index contributed by atoms with van der Waals surface area (Å²) < 4.78 is 40.4. The van der Waals surface area contributed by atoms with Crippen molar-refractivity contribution in [3.63, 3.8) is 0 Å². The summed E-state index contributed by atoms with van der Waals surface area (Å²) >= 11 is 0. The maximum atomic E-state index is 14.4. The minimum atomic E-state index is -4.27. The van der Waals surface area contributed by atoms with Gasteiger partial charge in [0.2, 0.25) is 17.7 Å². The number of benzene rings is 3. The third-order valence-electron chi connectivity index (χ3n) is 9.94. The van der Waals surface area contributed by atoms with Crippen LogP contribution in [0.1, 0.15) is 26.7 Å². The largest absolute Gasteiger partial charge is 0.497 e. The number of methoxy groups -OCH3 is 1. The van der Waals surface area contributed by atoms with Crippen molar-refractivity contribution in [3.05, 3.63) is 110 Å². The van der Waals surface area contributed by atoms with Crippen molar-refractivity contribution in [2.24, 2.45) is 11.8 Å². The molecule has 1 aromatic heterocycles. The Kier molecular flexibility index (Phi) is 11.1. The summed E-state index contributed by atoms with van der Waals surface area (Å²) in [5, 5.41) is 6.13. The third kappa shape index (κ3) is 8.09. The van der Waals surface area contributed by atoms with Gasteiger partial charge in [0.1, 0.15) is 35.2 Å². The molecule has 0 radical (unpaired) electrons. The maximum absolute atomic E-state index is 14.4. The highest BCUT2D eigenvalue weighted by molar-refractivity contribution is 7.90. The summed E-state index contributed by atoms with van der Waals surface area (Å²) in [5.74, 6) is -2.61. The van der Waals surface area contributed by atoms with Crippen molar-refractivity contribution in [1.82, 2.24) is 25.2 Å². The van der Waals surface area contributed by atoms with E-state index in [0.717, 1.165) is 11.6 Å². The molecule has 4 aromatic rings. The number of carbonyl (C=O) groups excluding carboxylic acids is 4. The number of amides is 4. The molecule has 14 heteroatoms. The zero-order valence-electron chi connectivity index (χ0n) is 30.7. The summed E-state index contributed by atoms with van der Waals surface area (Å²) in [6.07, 6.45) is 1.92. The van der Waals surface area contributed by atoms with E-state index in [9.17, 15) is 27.6 Å². The second-order valence-electron chi connectivity index (χ2n) is 13.9. The van der Waals surface area contributed by atoms with Crippen LogP contribution in [0.4, 0.5) is 0 Å². The van der Waals surface area contributed by atoms with Crippen molar-refractivity contribution in [1.29, 1.82) is 0 Å². The number of nitrogens with one attached hydrogen (secondary N) is 3. The molecule has 5 atom stereocenters. The molecule has 55 heavy (non-hydrogen) atoms. The van der Waals surface area contributed by atoms with Gasteiger partial charge in [-0.2, -0.15) is 0 Å². The van der Waals surface area contributed by atoms with Crippen molar-refractivity contribution < 1.29 is 37.1 Å². The molecule has 3 aromatic carbocycles. The average Bonchev–Trinajstić information content (AvgIpc) is 3.75. The average molecular weight is 766 g/mol. The fraction of sp³-hybridized carbons (Fsp3) is 0.293. The molecule has 1 unspecified atom stereocenters. The van der Waals surface area contributed by atoms with E-state index >= 15 is 0 Å². The molecule has 13 nitrogen and oxygen atoms in total. The normalized spacial score (nSPS) is 20.9. The number of aromatic nitrogens is 1. The fourth-order valence-corrected chi connectivity index (χ4v) is 7.88. The van der Waals surface area contributed by atoms with E-state index in [2.05, 4.69) is 28.5 Å². The van der Waals surface area contributed by atoms with Crippen molar-refractivity contribution >= 4 is 44.6 Å². The van der Waals surface area contributed by atoms with Gasteiger partial charge in [-0.3, -0.25) is 19.2 Å². The van der Waals surface area contributed by atoms with Crippen LogP contribution in [0.15, 0.2) is 115 Å². The van der Waals surface area contributed by atoms with E-state index in [1.807, 2.05) is 36.4 Å². The van der Waals surface area contributed by atoms with Gasteiger partial charge in [0.25, 0.3) is 15.9 Å². The number of fused-ring (bicyclic) bond motifs is 1. The van der Waals surface area contributed by atoms with Crippen LogP contribution < -0.4 is 24.8 Å². The Morgan fingerprint density at radius 3 is 2.29 bits per heavy atom. The number of sulfonamides is 1. The van der Waals surface area contributed by atoms with E-state index < -0.39 is 63.3 Å². The van der Waals surface area contributed by atoms with Gasteiger partial charge in [0, 0.05) is 35.4 Å². The smallest absolute Gasteiger partial charge is 0.264 e. The lowest BCUT2D eigenvalue weighted by molar-refractivity contribution is -0.142. The van der Waals surface area contributed by atoms with E-state index in [4.69, 9.17) is 14.5 Å². The Hall–Kier alpha value is -6.02. The summed E-state index contributed by atoms with van der Waals surface area (Å²) in [4.78, 5) is 60.8. The molecule has 4 amide bonds. The number of carbonyl (C=O) groups is 4. The molecule has 0 spiro atoms. The van der Waals surface area contributed by atoms with Gasteiger partial charge in [-0.1, -0.05) is 75.0 Å². The van der Waals surface area contributed by atoms with Gasteiger partial charge in [0.05, 0.1) is 29.8 Å². The van der Waals surface area contributed by atoms with Crippen molar-refractivity contribution in [3.8, 4) is 22.8 Å². The Balaban J connectivity index is 1.33. The number of hydrogen-bond acceptors (Lipinski definition) is 9. The number of hydrogen-bond donors (Lipinski definition) is 3. The van der Waals surface area contributed by atoms with E-state index in [1.165, 1.54) is 35.2 Å². The monoisotopic (exact) mass is 765 g/mol. The van der Waals surface area contributed by atoms with Gasteiger partial charge in [-0.15, -0.1) is 6.58 Å². The Labute approximate surface area is 319 Å². The minimum Gasteiger partial charge on any atom is -0.497 e. The van der Waals surface area contributed by atoms with Crippen LogP contribution in [0.25, 0.3) is 22.2 Å². The molecule has 1 saturated heterocycles. The first-order valence-electron chi connectivity index (χ1n) is 17.8. The van der Waals surface area contributed by atoms with Gasteiger partial charge in [0.15, 0.2) is 0 Å². The zero-order chi connectivity index (χ0) is 39.5. The first-order valence-corrected chi connectivity index (χ1v) is 19.3. The summed E-state index contributed by atoms with van der Waals surface area (Å²) in [6, 6.07) is 21.9. The molecular weight excluding hydrogens is 723 g/mol. The second-order valence-corrected chi connectivity index (χ2v) is 15.6. The molecule has 1 aliphatic carbocycles.